The zero-order chi connectivity index (χ0) is 17.7. The van der Waals surface area contributed by atoms with Crippen LogP contribution in [0.4, 0.5) is 14.7 Å². The Morgan fingerprint density at radius 2 is 1.92 bits per heavy atom. The number of aromatic nitrogens is 6. The van der Waals surface area contributed by atoms with E-state index in [2.05, 4.69) is 30.4 Å². The molecule has 0 radical (unpaired) electrons. The van der Waals surface area contributed by atoms with Crippen LogP contribution in [-0.4, -0.2) is 41.5 Å². The van der Waals surface area contributed by atoms with Gasteiger partial charge in [0.2, 0.25) is 5.95 Å². The van der Waals surface area contributed by atoms with Crippen LogP contribution in [0, 0.1) is 0 Å². The zero-order valence-corrected chi connectivity index (χ0v) is 13.5. The highest BCUT2D eigenvalue weighted by atomic mass is 19.3. The fourth-order valence-corrected chi connectivity index (χ4v) is 3.16. The summed E-state index contributed by atoms with van der Waals surface area (Å²) in [5.74, 6) is -2.24. The summed E-state index contributed by atoms with van der Waals surface area (Å²) in [4.78, 5) is 17.0. The SMILES string of the molecule is FC1(F)CC(Nc2ncc3c(-c4cnc5nccnc5c4)ccn3n2)C1. The van der Waals surface area contributed by atoms with Crippen LogP contribution in [0.5, 0.6) is 0 Å². The van der Waals surface area contributed by atoms with Gasteiger partial charge < -0.3 is 5.32 Å². The summed E-state index contributed by atoms with van der Waals surface area (Å²) in [5.41, 5.74) is 3.86. The molecule has 0 aromatic carbocycles. The molecule has 1 aliphatic carbocycles. The number of fused-ring (bicyclic) bond motifs is 2. The lowest BCUT2D eigenvalue weighted by Crippen LogP contribution is -2.44. The fraction of sp³-hybridized carbons (Fsp3) is 0.235. The summed E-state index contributed by atoms with van der Waals surface area (Å²) < 4.78 is 27.6. The van der Waals surface area contributed by atoms with Crippen LogP contribution < -0.4 is 5.32 Å². The molecule has 0 aliphatic heterocycles. The van der Waals surface area contributed by atoms with Crippen molar-refractivity contribution in [2.24, 2.45) is 0 Å². The second-order valence-electron chi connectivity index (χ2n) is 6.37. The van der Waals surface area contributed by atoms with Crippen molar-refractivity contribution in [3.05, 3.63) is 43.1 Å². The Morgan fingerprint density at radius 1 is 1.08 bits per heavy atom. The third-order valence-corrected chi connectivity index (χ3v) is 4.48. The summed E-state index contributed by atoms with van der Waals surface area (Å²) in [6.45, 7) is 0. The number of pyridine rings is 1. The quantitative estimate of drug-likeness (QED) is 0.610. The standard InChI is InChI=1S/C17H13F2N7/c18-17(19)6-11(7-17)24-16-23-9-14-12(1-4-26(14)25-16)10-5-13-15(22-8-10)21-3-2-20-13/h1-5,8-9,11H,6-7H2,(H,24,25). The van der Waals surface area contributed by atoms with Crippen LogP contribution in [0.3, 0.4) is 0 Å². The lowest BCUT2D eigenvalue weighted by Gasteiger charge is -2.35. The number of anilines is 1. The van der Waals surface area contributed by atoms with Crippen molar-refractivity contribution in [1.29, 1.82) is 0 Å². The number of halogens is 2. The highest BCUT2D eigenvalue weighted by Crippen LogP contribution is 2.38. The maximum Gasteiger partial charge on any atom is 0.252 e. The number of rotatable bonds is 3. The summed E-state index contributed by atoms with van der Waals surface area (Å²) in [6, 6.07) is 3.53. The van der Waals surface area contributed by atoms with E-state index in [0.717, 1.165) is 16.6 Å². The van der Waals surface area contributed by atoms with Gasteiger partial charge in [0.25, 0.3) is 5.92 Å². The Kier molecular flexibility index (Phi) is 3.12. The number of alkyl halides is 2. The van der Waals surface area contributed by atoms with Gasteiger partial charge >= 0.3 is 0 Å². The van der Waals surface area contributed by atoms with Gasteiger partial charge in [-0.05, 0) is 12.1 Å². The molecule has 1 saturated carbocycles. The maximum absolute atomic E-state index is 12.9. The van der Waals surface area contributed by atoms with Gasteiger partial charge in [-0.1, -0.05) is 0 Å². The van der Waals surface area contributed by atoms with Gasteiger partial charge in [-0.25, -0.2) is 28.2 Å². The minimum absolute atomic E-state index is 0.185. The minimum atomic E-state index is -2.58. The van der Waals surface area contributed by atoms with Crippen LogP contribution in [0.2, 0.25) is 0 Å². The molecule has 7 nitrogen and oxygen atoms in total. The first-order valence-electron chi connectivity index (χ1n) is 8.13. The van der Waals surface area contributed by atoms with E-state index in [1.807, 2.05) is 12.1 Å². The van der Waals surface area contributed by atoms with Gasteiger partial charge in [-0.3, -0.25) is 4.98 Å². The van der Waals surface area contributed by atoms with Gasteiger partial charge in [-0.2, -0.15) is 0 Å². The van der Waals surface area contributed by atoms with E-state index < -0.39 is 5.92 Å². The van der Waals surface area contributed by atoms with Gasteiger partial charge in [0.05, 0.1) is 11.7 Å². The highest BCUT2D eigenvalue weighted by Gasteiger charge is 2.45. The van der Waals surface area contributed by atoms with E-state index in [1.165, 1.54) is 0 Å². The molecule has 1 N–H and O–H groups in total. The van der Waals surface area contributed by atoms with Crippen molar-refractivity contribution in [2.45, 2.75) is 24.8 Å². The summed E-state index contributed by atoms with van der Waals surface area (Å²) in [6.07, 6.45) is 8.05. The van der Waals surface area contributed by atoms with Crippen LogP contribution in [-0.2, 0) is 0 Å². The third kappa shape index (κ3) is 2.52. The van der Waals surface area contributed by atoms with Crippen LogP contribution in [0.25, 0.3) is 27.8 Å². The predicted octanol–water partition coefficient (Wildman–Crippen LogP) is 2.94. The normalized spacial score (nSPS) is 16.7. The molecule has 0 saturated heterocycles. The van der Waals surface area contributed by atoms with E-state index >= 15 is 0 Å². The Morgan fingerprint density at radius 3 is 2.77 bits per heavy atom. The van der Waals surface area contributed by atoms with E-state index in [9.17, 15) is 8.78 Å². The van der Waals surface area contributed by atoms with Crippen LogP contribution in [0.1, 0.15) is 12.8 Å². The molecule has 1 fully saturated rings. The topological polar surface area (TPSA) is 80.9 Å². The molecule has 0 spiro atoms. The molecule has 4 aromatic heterocycles. The van der Waals surface area contributed by atoms with Crippen molar-refractivity contribution >= 4 is 22.6 Å². The number of hydrogen-bond acceptors (Lipinski definition) is 6. The van der Waals surface area contributed by atoms with E-state index in [0.29, 0.717) is 17.1 Å². The van der Waals surface area contributed by atoms with Gasteiger partial charge in [0.15, 0.2) is 5.65 Å². The van der Waals surface area contributed by atoms with E-state index in [1.54, 1.807) is 35.5 Å². The summed E-state index contributed by atoms with van der Waals surface area (Å²) >= 11 is 0. The summed E-state index contributed by atoms with van der Waals surface area (Å²) in [7, 11) is 0. The monoisotopic (exact) mass is 353 g/mol. The Bertz CT molecular complexity index is 1120. The first kappa shape index (κ1) is 15.1. The lowest BCUT2D eigenvalue weighted by atomic mass is 9.88. The van der Waals surface area contributed by atoms with Crippen LogP contribution >= 0.6 is 0 Å². The van der Waals surface area contributed by atoms with Gasteiger partial charge in [0.1, 0.15) is 5.52 Å². The van der Waals surface area contributed by atoms with Gasteiger partial charge in [-0.15, -0.1) is 5.10 Å². The smallest absolute Gasteiger partial charge is 0.252 e. The average molecular weight is 353 g/mol. The predicted molar refractivity (Wildman–Crippen MR) is 90.9 cm³/mol. The largest absolute Gasteiger partial charge is 0.350 e. The van der Waals surface area contributed by atoms with E-state index in [4.69, 9.17) is 0 Å². The molecule has 5 rings (SSSR count). The second-order valence-corrected chi connectivity index (χ2v) is 6.37. The molecule has 130 valence electrons. The molecular weight excluding hydrogens is 340 g/mol. The van der Waals surface area contributed by atoms with Crippen molar-refractivity contribution < 1.29 is 8.78 Å². The minimum Gasteiger partial charge on any atom is -0.350 e. The van der Waals surface area contributed by atoms with E-state index in [-0.39, 0.29) is 18.9 Å². The Labute approximate surface area is 146 Å². The molecule has 9 heteroatoms. The summed E-state index contributed by atoms with van der Waals surface area (Å²) in [5, 5.41) is 7.30. The van der Waals surface area contributed by atoms with Crippen molar-refractivity contribution in [3.8, 4) is 11.1 Å². The molecule has 0 atom stereocenters. The molecule has 4 aromatic rings. The molecule has 4 heterocycles. The fourth-order valence-electron chi connectivity index (χ4n) is 3.16. The number of nitrogens with one attached hydrogen (secondary N) is 1. The molecule has 0 bridgehead atoms. The molecule has 26 heavy (non-hydrogen) atoms. The highest BCUT2D eigenvalue weighted by molar-refractivity contribution is 5.84. The molecular formula is C17H13F2N7. The maximum atomic E-state index is 12.9. The molecule has 0 unspecified atom stereocenters. The Balaban J connectivity index is 1.47. The van der Waals surface area contributed by atoms with Crippen LogP contribution in [0.15, 0.2) is 43.1 Å². The van der Waals surface area contributed by atoms with Gasteiger partial charge in [0, 0.05) is 54.8 Å². The third-order valence-electron chi connectivity index (χ3n) is 4.48. The molecule has 1 aliphatic rings. The lowest BCUT2D eigenvalue weighted by molar-refractivity contribution is -0.0794. The molecule has 0 amide bonds. The number of hydrogen-bond donors (Lipinski definition) is 1. The zero-order valence-electron chi connectivity index (χ0n) is 13.5. The van der Waals surface area contributed by atoms with Crippen molar-refractivity contribution in [2.75, 3.05) is 5.32 Å². The first-order valence-corrected chi connectivity index (χ1v) is 8.13. The van der Waals surface area contributed by atoms with Crippen molar-refractivity contribution in [1.82, 2.24) is 29.5 Å². The van der Waals surface area contributed by atoms with Crippen molar-refractivity contribution in [3.63, 3.8) is 0 Å². The average Bonchev–Trinajstić information content (AvgIpc) is 3.03. The Hall–Kier alpha value is -3.23. The first-order chi connectivity index (χ1) is 12.6. The second kappa shape index (κ2) is 5.38. The number of nitrogens with zero attached hydrogens (tertiary/aromatic N) is 6.